The molecule has 2 aromatic rings. The van der Waals surface area contributed by atoms with Gasteiger partial charge in [-0.25, -0.2) is 8.42 Å². The molecular weight excluding hydrogens is 521 g/mol. The van der Waals surface area contributed by atoms with E-state index in [1.165, 1.54) is 16.1 Å². The molecule has 0 radical (unpaired) electrons. The molecule has 10 nitrogen and oxygen atoms in total. The third-order valence-electron chi connectivity index (χ3n) is 4.73. The first-order valence-corrected chi connectivity index (χ1v) is 11.5. The molecule has 12 heteroatoms. The minimum absolute atomic E-state index is 0. The van der Waals surface area contributed by atoms with Gasteiger partial charge in [-0.15, -0.1) is 24.0 Å². The van der Waals surface area contributed by atoms with Crippen molar-refractivity contribution in [3.8, 4) is 0 Å². The average molecular weight is 551 g/mol. The molecule has 1 aliphatic heterocycles. The van der Waals surface area contributed by atoms with Crippen molar-refractivity contribution in [2.45, 2.75) is 25.5 Å². The Morgan fingerprint density at radius 3 is 2.67 bits per heavy atom. The number of sulfonamides is 1. The maximum absolute atomic E-state index is 12.6. The lowest BCUT2D eigenvalue weighted by atomic mass is 10.2. The Morgan fingerprint density at radius 2 is 2.07 bits per heavy atom. The number of piperazine rings is 1. The number of aryl methyl sites for hydroxylation is 2. The quantitative estimate of drug-likeness (QED) is 0.226. The van der Waals surface area contributed by atoms with Crippen molar-refractivity contribution in [2.24, 2.45) is 12.0 Å². The molecule has 0 aliphatic carbocycles. The predicted octanol–water partition coefficient (Wildman–Crippen LogP) is 1.07. The number of guanidine groups is 1. The van der Waals surface area contributed by atoms with Crippen molar-refractivity contribution in [3.63, 3.8) is 0 Å². The molecule has 2 aromatic heterocycles. The molecule has 30 heavy (non-hydrogen) atoms. The van der Waals surface area contributed by atoms with Gasteiger partial charge in [0.15, 0.2) is 5.96 Å². The number of halogens is 1. The number of nitrogens with one attached hydrogen (secondary N) is 1. The summed E-state index contributed by atoms with van der Waals surface area (Å²) < 4.78 is 33.2. The molecule has 0 bridgehead atoms. The highest BCUT2D eigenvalue weighted by Crippen LogP contribution is 2.13. The van der Waals surface area contributed by atoms with Crippen LogP contribution >= 0.6 is 24.0 Å². The lowest BCUT2D eigenvalue weighted by molar-refractivity contribution is 0.260. The first-order valence-electron chi connectivity index (χ1n) is 9.86. The number of nitrogens with zero attached hydrogens (tertiary/aromatic N) is 6. The van der Waals surface area contributed by atoms with Crippen LogP contribution in [0, 0.1) is 0 Å². The molecule has 0 amide bonds. The normalized spacial score (nSPS) is 15.8. The molecule has 168 valence electrons. The van der Waals surface area contributed by atoms with Crippen LogP contribution in [0.1, 0.15) is 24.6 Å². The van der Waals surface area contributed by atoms with E-state index in [0.29, 0.717) is 38.4 Å². The van der Waals surface area contributed by atoms with Crippen LogP contribution < -0.4 is 5.32 Å². The minimum atomic E-state index is -3.40. The van der Waals surface area contributed by atoms with Crippen molar-refractivity contribution in [2.75, 3.05) is 39.3 Å². The Bertz CT molecular complexity index is 891. The molecule has 0 spiro atoms. The third-order valence-corrected chi connectivity index (χ3v) is 6.54. The van der Waals surface area contributed by atoms with Crippen LogP contribution in [0.4, 0.5) is 0 Å². The fraction of sp³-hybridized carbons (Fsp3) is 0.611. The monoisotopic (exact) mass is 551 g/mol. The van der Waals surface area contributed by atoms with Gasteiger partial charge in [0.05, 0.1) is 11.9 Å². The average Bonchev–Trinajstić information content (AvgIpc) is 3.35. The molecule has 1 aliphatic rings. The van der Waals surface area contributed by atoms with Gasteiger partial charge in [0, 0.05) is 58.6 Å². The second-order valence-corrected chi connectivity index (χ2v) is 8.96. The number of aliphatic imine (C=N–C) groups is 1. The maximum atomic E-state index is 12.6. The van der Waals surface area contributed by atoms with Crippen molar-refractivity contribution >= 4 is 40.0 Å². The summed E-state index contributed by atoms with van der Waals surface area (Å²) >= 11 is 0. The van der Waals surface area contributed by atoms with Gasteiger partial charge < -0.3 is 14.7 Å². The number of hydrogen-bond acceptors (Lipinski definition) is 6. The Labute approximate surface area is 194 Å². The Morgan fingerprint density at radius 1 is 1.30 bits per heavy atom. The Balaban J connectivity index is 0.00000320. The van der Waals surface area contributed by atoms with Gasteiger partial charge in [0.2, 0.25) is 10.0 Å². The molecule has 0 unspecified atom stereocenters. The van der Waals surface area contributed by atoms with E-state index in [1.54, 1.807) is 10.7 Å². The van der Waals surface area contributed by atoms with Crippen LogP contribution in [0.3, 0.4) is 0 Å². The summed E-state index contributed by atoms with van der Waals surface area (Å²) in [7, 11) is -1.49. The van der Waals surface area contributed by atoms with E-state index in [-0.39, 0.29) is 29.7 Å². The van der Waals surface area contributed by atoms with Gasteiger partial charge in [0.1, 0.15) is 12.0 Å². The summed E-state index contributed by atoms with van der Waals surface area (Å²) in [6.07, 6.45) is 7.16. The number of aromatic nitrogens is 3. The van der Waals surface area contributed by atoms with Crippen LogP contribution in [0.2, 0.25) is 0 Å². The van der Waals surface area contributed by atoms with Gasteiger partial charge in [-0.1, -0.05) is 5.16 Å². The van der Waals surface area contributed by atoms with Crippen LogP contribution in [0.15, 0.2) is 34.2 Å². The number of hydrogen-bond donors (Lipinski definition) is 1. The topological polar surface area (TPSA) is 109 Å². The Kier molecular flexibility index (Phi) is 9.55. The minimum Gasteiger partial charge on any atom is -0.364 e. The van der Waals surface area contributed by atoms with Crippen molar-refractivity contribution in [1.29, 1.82) is 0 Å². The molecule has 1 saturated heterocycles. The van der Waals surface area contributed by atoms with Crippen LogP contribution in [-0.4, -0.2) is 77.8 Å². The summed E-state index contributed by atoms with van der Waals surface area (Å²) in [6.45, 7) is 5.58. The third kappa shape index (κ3) is 6.94. The zero-order valence-corrected chi connectivity index (χ0v) is 20.5. The van der Waals surface area contributed by atoms with E-state index < -0.39 is 10.0 Å². The van der Waals surface area contributed by atoms with E-state index in [2.05, 4.69) is 20.5 Å². The van der Waals surface area contributed by atoms with Crippen LogP contribution in [0.5, 0.6) is 0 Å². The van der Waals surface area contributed by atoms with E-state index in [9.17, 15) is 8.42 Å². The van der Waals surface area contributed by atoms with Crippen molar-refractivity contribution in [3.05, 3.63) is 36.0 Å². The highest BCUT2D eigenvalue weighted by molar-refractivity contribution is 14.0. The fourth-order valence-electron chi connectivity index (χ4n) is 3.26. The van der Waals surface area contributed by atoms with Crippen LogP contribution in [0.25, 0.3) is 0 Å². The van der Waals surface area contributed by atoms with E-state index in [4.69, 9.17) is 9.52 Å². The van der Waals surface area contributed by atoms with Gasteiger partial charge in [-0.2, -0.15) is 9.40 Å². The largest absolute Gasteiger partial charge is 0.364 e. The van der Waals surface area contributed by atoms with Crippen molar-refractivity contribution in [1.82, 2.24) is 29.5 Å². The molecule has 0 aromatic carbocycles. The summed E-state index contributed by atoms with van der Waals surface area (Å²) in [6, 6.07) is 1.58. The highest BCUT2D eigenvalue weighted by Gasteiger charge is 2.28. The van der Waals surface area contributed by atoms with Gasteiger partial charge in [-0.05, 0) is 25.3 Å². The molecule has 0 saturated carbocycles. The summed E-state index contributed by atoms with van der Waals surface area (Å²) in [4.78, 5) is 6.84. The maximum Gasteiger partial charge on any atom is 0.220 e. The van der Waals surface area contributed by atoms with Gasteiger partial charge in [-0.3, -0.25) is 9.67 Å². The fourth-order valence-corrected chi connectivity index (χ4v) is 4.69. The molecular formula is C18H30IN7O3S. The Hall–Kier alpha value is -1.67. The second kappa shape index (κ2) is 11.6. The summed E-state index contributed by atoms with van der Waals surface area (Å²) in [5.41, 5.74) is 1.63. The zero-order chi connectivity index (χ0) is 20.7. The molecule has 1 fully saturated rings. The standard InChI is InChI=1S/C18H29N7O3S.HI/c1-3-19-18(20-7-4-5-16-13-21-23(2)14-16)24-8-10-25(11-9-24)29(26,27)15-17-6-12-28-22-17;/h6,12-14H,3-5,7-11,15H2,1-2H3,(H,19,20);1H. The first-order chi connectivity index (χ1) is 14.0. The second-order valence-electron chi connectivity index (χ2n) is 6.99. The molecule has 3 heterocycles. The van der Waals surface area contributed by atoms with Gasteiger partial charge >= 0.3 is 0 Å². The predicted molar refractivity (Wildman–Crippen MR) is 125 cm³/mol. The van der Waals surface area contributed by atoms with Gasteiger partial charge in [0.25, 0.3) is 0 Å². The molecule has 1 N–H and O–H groups in total. The number of rotatable bonds is 8. The van der Waals surface area contributed by atoms with E-state index in [0.717, 1.165) is 25.3 Å². The lowest BCUT2D eigenvalue weighted by Crippen LogP contribution is -2.53. The highest BCUT2D eigenvalue weighted by atomic mass is 127. The molecule has 0 atom stereocenters. The van der Waals surface area contributed by atoms with Crippen molar-refractivity contribution < 1.29 is 12.9 Å². The summed E-state index contributed by atoms with van der Waals surface area (Å²) in [5.74, 6) is 0.707. The van der Waals surface area contributed by atoms with E-state index in [1.807, 2.05) is 26.4 Å². The first kappa shape index (κ1) is 24.6. The summed E-state index contributed by atoms with van der Waals surface area (Å²) in [5, 5.41) is 11.2. The molecule has 3 rings (SSSR count). The zero-order valence-electron chi connectivity index (χ0n) is 17.4. The smallest absolute Gasteiger partial charge is 0.220 e. The lowest BCUT2D eigenvalue weighted by Gasteiger charge is -2.35. The SMILES string of the molecule is CCNC(=NCCCc1cnn(C)c1)N1CCN(S(=O)(=O)Cc2ccon2)CC1.I. The van der Waals surface area contributed by atoms with E-state index >= 15 is 0 Å². The van der Waals surface area contributed by atoms with Crippen LogP contribution in [-0.2, 0) is 29.2 Å².